The molecular formula is C16H10N2. The molecule has 0 bridgehead atoms. The van der Waals surface area contributed by atoms with Crippen molar-refractivity contribution < 1.29 is 0 Å². The first-order valence-electron chi connectivity index (χ1n) is 5.89. The molecule has 2 aromatic rings. The number of nitriles is 2. The second kappa shape index (κ2) is 4.02. The minimum Gasteiger partial charge on any atom is -0.192 e. The van der Waals surface area contributed by atoms with Gasteiger partial charge < -0.3 is 0 Å². The minimum atomic E-state index is 0.247. The van der Waals surface area contributed by atoms with Crippen LogP contribution < -0.4 is 0 Å². The van der Waals surface area contributed by atoms with Crippen molar-refractivity contribution in [2.45, 2.75) is 12.8 Å². The van der Waals surface area contributed by atoms with E-state index in [1.54, 1.807) is 0 Å². The predicted octanol–water partition coefficient (Wildman–Crippen LogP) is 3.59. The lowest BCUT2D eigenvalue weighted by Crippen LogP contribution is -2.02. The maximum Gasteiger partial charge on any atom is 0.133 e. The fourth-order valence-corrected chi connectivity index (χ4v) is 2.69. The van der Waals surface area contributed by atoms with E-state index in [-0.39, 0.29) is 5.57 Å². The van der Waals surface area contributed by atoms with E-state index in [1.807, 2.05) is 24.3 Å². The Morgan fingerprint density at radius 2 is 1.67 bits per heavy atom. The van der Waals surface area contributed by atoms with Gasteiger partial charge in [-0.05, 0) is 40.3 Å². The Balaban J connectivity index is 2.43. The molecule has 2 aromatic carbocycles. The molecule has 0 spiro atoms. The van der Waals surface area contributed by atoms with Gasteiger partial charge in [0.25, 0.3) is 0 Å². The van der Waals surface area contributed by atoms with Crippen LogP contribution in [0.3, 0.4) is 0 Å². The smallest absolute Gasteiger partial charge is 0.133 e. The van der Waals surface area contributed by atoms with Crippen LogP contribution in [0.5, 0.6) is 0 Å². The average Bonchev–Trinajstić information content (AvgIpc) is 2.43. The molecule has 0 saturated heterocycles. The highest BCUT2D eigenvalue weighted by atomic mass is 14.3. The van der Waals surface area contributed by atoms with Gasteiger partial charge in [-0.15, -0.1) is 0 Å². The van der Waals surface area contributed by atoms with Crippen molar-refractivity contribution in [1.82, 2.24) is 0 Å². The Morgan fingerprint density at radius 3 is 2.39 bits per heavy atom. The van der Waals surface area contributed by atoms with Gasteiger partial charge in [0.1, 0.15) is 17.7 Å². The topological polar surface area (TPSA) is 47.6 Å². The molecule has 0 aliphatic heterocycles. The van der Waals surface area contributed by atoms with Crippen molar-refractivity contribution in [2.24, 2.45) is 0 Å². The summed E-state index contributed by atoms with van der Waals surface area (Å²) in [7, 11) is 0. The van der Waals surface area contributed by atoms with Gasteiger partial charge in [0.15, 0.2) is 0 Å². The van der Waals surface area contributed by atoms with Gasteiger partial charge in [0.05, 0.1) is 0 Å². The van der Waals surface area contributed by atoms with Crippen LogP contribution in [0.15, 0.2) is 42.0 Å². The standard InChI is InChI=1S/C16H10N2/c17-9-13(10-18)14-8-7-12-4-1-3-11-5-2-6-15(14)16(11)12/h1-6H,7-8H2. The maximum absolute atomic E-state index is 9.05. The molecule has 3 rings (SSSR count). The number of hydrogen-bond acceptors (Lipinski definition) is 2. The molecule has 2 heteroatoms. The molecule has 0 unspecified atom stereocenters. The van der Waals surface area contributed by atoms with Crippen LogP contribution in [0.4, 0.5) is 0 Å². The molecule has 18 heavy (non-hydrogen) atoms. The van der Waals surface area contributed by atoms with Gasteiger partial charge in [0.2, 0.25) is 0 Å². The van der Waals surface area contributed by atoms with E-state index in [1.165, 1.54) is 16.3 Å². The molecule has 0 fully saturated rings. The average molecular weight is 230 g/mol. The monoisotopic (exact) mass is 230 g/mol. The fourth-order valence-electron chi connectivity index (χ4n) is 2.69. The first-order chi connectivity index (χ1) is 8.85. The van der Waals surface area contributed by atoms with E-state index in [9.17, 15) is 0 Å². The molecule has 0 N–H and O–H groups in total. The number of benzene rings is 2. The van der Waals surface area contributed by atoms with E-state index in [0.717, 1.165) is 24.0 Å². The first-order valence-corrected chi connectivity index (χ1v) is 5.89. The Labute approximate surface area is 105 Å². The molecule has 0 heterocycles. The molecule has 2 nitrogen and oxygen atoms in total. The molecule has 84 valence electrons. The SMILES string of the molecule is N#CC(C#N)=C1CCc2cccc3cccc1c23. The van der Waals surface area contributed by atoms with E-state index < -0.39 is 0 Å². The van der Waals surface area contributed by atoms with E-state index in [2.05, 4.69) is 24.3 Å². The Hall–Kier alpha value is -2.58. The van der Waals surface area contributed by atoms with Crippen molar-refractivity contribution in [3.05, 3.63) is 53.1 Å². The largest absolute Gasteiger partial charge is 0.192 e. The molecular weight excluding hydrogens is 220 g/mol. The highest BCUT2D eigenvalue weighted by Crippen LogP contribution is 2.37. The number of allylic oxidation sites excluding steroid dienone is 2. The van der Waals surface area contributed by atoms with Crippen molar-refractivity contribution in [3.63, 3.8) is 0 Å². The molecule has 0 saturated carbocycles. The van der Waals surface area contributed by atoms with Crippen LogP contribution in [0.2, 0.25) is 0 Å². The summed E-state index contributed by atoms with van der Waals surface area (Å²) in [5.74, 6) is 0. The lowest BCUT2D eigenvalue weighted by molar-refractivity contribution is 1.01. The molecule has 0 amide bonds. The third kappa shape index (κ3) is 1.40. The second-order valence-corrected chi connectivity index (χ2v) is 4.40. The molecule has 1 aliphatic rings. The van der Waals surface area contributed by atoms with Crippen LogP contribution in [0, 0.1) is 22.7 Å². The van der Waals surface area contributed by atoms with Crippen LogP contribution >= 0.6 is 0 Å². The highest BCUT2D eigenvalue weighted by Gasteiger charge is 2.19. The first kappa shape index (κ1) is 10.6. The van der Waals surface area contributed by atoms with Crippen molar-refractivity contribution in [3.8, 4) is 12.1 Å². The summed E-state index contributed by atoms with van der Waals surface area (Å²) in [6.07, 6.45) is 1.67. The summed E-state index contributed by atoms with van der Waals surface area (Å²) in [4.78, 5) is 0. The lowest BCUT2D eigenvalue weighted by Gasteiger charge is -2.19. The Kier molecular flexibility index (Phi) is 2.36. The third-order valence-electron chi connectivity index (χ3n) is 3.49. The van der Waals surface area contributed by atoms with Gasteiger partial charge in [-0.2, -0.15) is 10.5 Å². The van der Waals surface area contributed by atoms with E-state index in [4.69, 9.17) is 10.5 Å². The van der Waals surface area contributed by atoms with Gasteiger partial charge in [-0.3, -0.25) is 0 Å². The zero-order chi connectivity index (χ0) is 12.5. The maximum atomic E-state index is 9.05. The van der Waals surface area contributed by atoms with Crippen molar-refractivity contribution >= 4 is 16.3 Å². The molecule has 0 atom stereocenters. The summed E-state index contributed by atoms with van der Waals surface area (Å²) >= 11 is 0. The molecule has 0 radical (unpaired) electrons. The minimum absolute atomic E-state index is 0.247. The van der Waals surface area contributed by atoms with Gasteiger partial charge in [-0.1, -0.05) is 36.4 Å². The van der Waals surface area contributed by atoms with E-state index >= 15 is 0 Å². The number of hydrogen-bond donors (Lipinski definition) is 0. The predicted molar refractivity (Wildman–Crippen MR) is 70.4 cm³/mol. The molecule has 1 aliphatic carbocycles. The quantitative estimate of drug-likeness (QED) is 0.649. The summed E-state index contributed by atoms with van der Waals surface area (Å²) in [6.45, 7) is 0. The Morgan fingerprint density at radius 1 is 0.944 bits per heavy atom. The zero-order valence-electron chi connectivity index (χ0n) is 9.77. The van der Waals surface area contributed by atoms with Crippen LogP contribution in [-0.4, -0.2) is 0 Å². The van der Waals surface area contributed by atoms with Gasteiger partial charge >= 0.3 is 0 Å². The summed E-state index contributed by atoms with van der Waals surface area (Å²) < 4.78 is 0. The fraction of sp³-hybridized carbons (Fsp3) is 0.125. The van der Waals surface area contributed by atoms with Gasteiger partial charge in [-0.25, -0.2) is 0 Å². The van der Waals surface area contributed by atoms with E-state index in [0.29, 0.717) is 0 Å². The summed E-state index contributed by atoms with van der Waals surface area (Å²) in [5, 5.41) is 20.5. The third-order valence-corrected chi connectivity index (χ3v) is 3.49. The van der Waals surface area contributed by atoms with Crippen LogP contribution in [0.1, 0.15) is 17.5 Å². The highest BCUT2D eigenvalue weighted by molar-refractivity contribution is 5.99. The lowest BCUT2D eigenvalue weighted by atomic mass is 9.83. The summed E-state index contributed by atoms with van der Waals surface area (Å²) in [5.41, 5.74) is 3.50. The van der Waals surface area contributed by atoms with Gasteiger partial charge in [0, 0.05) is 0 Å². The summed E-state index contributed by atoms with van der Waals surface area (Å²) in [6, 6.07) is 16.4. The number of nitrogens with zero attached hydrogens (tertiary/aromatic N) is 2. The number of aryl methyl sites for hydroxylation is 1. The van der Waals surface area contributed by atoms with Crippen LogP contribution in [-0.2, 0) is 6.42 Å². The van der Waals surface area contributed by atoms with Crippen molar-refractivity contribution in [2.75, 3.05) is 0 Å². The zero-order valence-corrected chi connectivity index (χ0v) is 9.77. The number of rotatable bonds is 0. The normalized spacial score (nSPS) is 12.9. The van der Waals surface area contributed by atoms with Crippen LogP contribution in [0.25, 0.3) is 16.3 Å². The van der Waals surface area contributed by atoms with Crippen molar-refractivity contribution in [1.29, 1.82) is 10.5 Å². The molecule has 0 aromatic heterocycles. The second-order valence-electron chi connectivity index (χ2n) is 4.40. The Bertz CT molecular complexity index is 733.